The molecule has 0 bridgehead atoms. The van der Waals surface area contributed by atoms with Crippen LogP contribution in [0.4, 0.5) is 0 Å². The summed E-state index contributed by atoms with van der Waals surface area (Å²) in [5, 5.41) is 3.10. The van der Waals surface area contributed by atoms with Gasteiger partial charge in [-0.1, -0.05) is 0 Å². The maximum Gasteiger partial charge on any atom is 0.251 e. The van der Waals surface area contributed by atoms with Crippen LogP contribution in [-0.4, -0.2) is 11.4 Å². The molecule has 2 nitrogen and oxygen atoms in total. The molecule has 1 aromatic carbocycles. The summed E-state index contributed by atoms with van der Waals surface area (Å²) in [5.74, 6) is 0.0348. The van der Waals surface area contributed by atoms with Crippen LogP contribution in [0.3, 0.4) is 0 Å². The molecule has 0 spiro atoms. The van der Waals surface area contributed by atoms with E-state index in [1.165, 1.54) is 6.42 Å². The van der Waals surface area contributed by atoms with Crippen molar-refractivity contribution in [2.45, 2.75) is 31.7 Å². The molecule has 1 fully saturated rings. The normalized spacial score (nSPS) is 17.7. The number of amides is 1. The van der Waals surface area contributed by atoms with E-state index in [0.717, 1.165) is 26.4 Å². The van der Waals surface area contributed by atoms with E-state index in [1.807, 2.05) is 18.2 Å². The molecular weight excluding hydrogens is 381 g/mol. The number of halogens is 2. The van der Waals surface area contributed by atoms with Gasteiger partial charge < -0.3 is 5.32 Å². The van der Waals surface area contributed by atoms with Crippen molar-refractivity contribution in [1.82, 2.24) is 5.32 Å². The molecule has 4 heteroatoms. The Bertz CT molecular complexity index is 429. The number of carbonyl (C=O) groups excluding carboxylic acids is 1. The zero-order chi connectivity index (χ0) is 11.8. The molecule has 0 atom stereocenters. The first-order valence-electron chi connectivity index (χ1n) is 5.28. The number of carbonyl (C=O) groups is 1. The zero-order valence-corrected chi connectivity index (χ0v) is 12.8. The average molecular weight is 394 g/mol. The molecule has 1 amide bonds. The van der Waals surface area contributed by atoms with Crippen LogP contribution >= 0.6 is 38.5 Å². The van der Waals surface area contributed by atoms with E-state index in [2.05, 4.69) is 50.8 Å². The minimum absolute atomic E-state index is 0.0234. The van der Waals surface area contributed by atoms with Crippen LogP contribution in [-0.2, 0) is 0 Å². The highest BCUT2D eigenvalue weighted by Gasteiger charge is 2.33. The summed E-state index contributed by atoms with van der Waals surface area (Å²) in [6.45, 7) is 2.11. The van der Waals surface area contributed by atoms with Gasteiger partial charge in [-0.25, -0.2) is 0 Å². The van der Waals surface area contributed by atoms with Gasteiger partial charge in [-0.3, -0.25) is 4.79 Å². The lowest BCUT2D eigenvalue weighted by molar-refractivity contribution is 0.0850. The fourth-order valence-electron chi connectivity index (χ4n) is 1.82. The predicted octanol–water partition coefficient (Wildman–Crippen LogP) is 3.73. The highest BCUT2D eigenvalue weighted by Crippen LogP contribution is 2.31. The molecule has 0 unspecified atom stereocenters. The second kappa shape index (κ2) is 4.64. The molecule has 0 radical (unpaired) electrons. The van der Waals surface area contributed by atoms with Crippen LogP contribution in [0.2, 0.25) is 0 Å². The van der Waals surface area contributed by atoms with Crippen molar-refractivity contribution in [2.24, 2.45) is 0 Å². The second-order valence-electron chi connectivity index (χ2n) is 4.50. The van der Waals surface area contributed by atoms with Gasteiger partial charge in [-0.15, -0.1) is 0 Å². The van der Waals surface area contributed by atoms with E-state index >= 15 is 0 Å². The third-order valence-corrected chi connectivity index (χ3v) is 5.38. The summed E-state index contributed by atoms with van der Waals surface area (Å²) in [6, 6.07) is 5.67. The van der Waals surface area contributed by atoms with Crippen LogP contribution in [0.1, 0.15) is 36.5 Å². The van der Waals surface area contributed by atoms with Crippen molar-refractivity contribution < 1.29 is 4.79 Å². The van der Waals surface area contributed by atoms with Crippen molar-refractivity contribution in [3.63, 3.8) is 0 Å². The summed E-state index contributed by atoms with van der Waals surface area (Å²) in [4.78, 5) is 12.0. The summed E-state index contributed by atoms with van der Waals surface area (Å²) in [5.41, 5.74) is 0.760. The fraction of sp³-hybridized carbons (Fsp3) is 0.417. The van der Waals surface area contributed by atoms with Crippen LogP contribution in [0.15, 0.2) is 22.7 Å². The molecule has 0 heterocycles. The predicted molar refractivity (Wildman–Crippen MR) is 76.6 cm³/mol. The van der Waals surface area contributed by atoms with Gasteiger partial charge in [0, 0.05) is 19.1 Å². The molecule has 1 saturated carbocycles. The van der Waals surface area contributed by atoms with Gasteiger partial charge in [0.2, 0.25) is 0 Å². The van der Waals surface area contributed by atoms with E-state index in [4.69, 9.17) is 0 Å². The molecule has 2 rings (SSSR count). The monoisotopic (exact) mass is 393 g/mol. The highest BCUT2D eigenvalue weighted by atomic mass is 127. The number of rotatable bonds is 2. The SMILES string of the molecule is CC1(NC(=O)c2ccc(Br)c(I)c2)CCC1. The number of hydrogen-bond donors (Lipinski definition) is 1. The van der Waals surface area contributed by atoms with Crippen molar-refractivity contribution in [3.05, 3.63) is 31.8 Å². The van der Waals surface area contributed by atoms with Crippen molar-refractivity contribution >= 4 is 44.4 Å². The molecule has 1 N–H and O–H groups in total. The Morgan fingerprint density at radius 2 is 2.19 bits per heavy atom. The molecular formula is C12H13BrINO. The minimum Gasteiger partial charge on any atom is -0.347 e. The smallest absolute Gasteiger partial charge is 0.251 e. The zero-order valence-electron chi connectivity index (χ0n) is 9.02. The largest absolute Gasteiger partial charge is 0.347 e. The molecule has 0 aromatic heterocycles. The van der Waals surface area contributed by atoms with E-state index in [1.54, 1.807) is 0 Å². The Hall–Kier alpha value is -0.100. The first-order chi connectivity index (χ1) is 7.50. The van der Waals surface area contributed by atoms with Gasteiger partial charge in [0.15, 0.2) is 0 Å². The maximum atomic E-state index is 12.0. The Morgan fingerprint density at radius 1 is 1.50 bits per heavy atom. The lowest BCUT2D eigenvalue weighted by atomic mass is 9.78. The Balaban J connectivity index is 2.11. The van der Waals surface area contributed by atoms with Gasteiger partial charge in [0.05, 0.1) is 0 Å². The van der Waals surface area contributed by atoms with Gasteiger partial charge >= 0.3 is 0 Å². The average Bonchev–Trinajstić information content (AvgIpc) is 2.19. The lowest BCUT2D eigenvalue weighted by Crippen LogP contribution is -2.50. The number of hydrogen-bond acceptors (Lipinski definition) is 1. The van der Waals surface area contributed by atoms with E-state index in [-0.39, 0.29) is 11.4 Å². The number of nitrogens with one attached hydrogen (secondary N) is 1. The van der Waals surface area contributed by atoms with Crippen molar-refractivity contribution in [3.8, 4) is 0 Å². The number of benzene rings is 1. The molecule has 1 aliphatic rings. The molecule has 1 aromatic rings. The topological polar surface area (TPSA) is 29.1 Å². The summed E-state index contributed by atoms with van der Waals surface area (Å²) >= 11 is 5.64. The molecule has 0 aliphatic heterocycles. The van der Waals surface area contributed by atoms with Crippen LogP contribution in [0, 0.1) is 3.57 Å². The highest BCUT2D eigenvalue weighted by molar-refractivity contribution is 14.1. The Labute approximate surface area is 117 Å². The molecule has 16 heavy (non-hydrogen) atoms. The molecule has 86 valence electrons. The van der Waals surface area contributed by atoms with Crippen LogP contribution < -0.4 is 5.32 Å². The molecule has 0 saturated heterocycles. The third kappa shape index (κ3) is 2.59. The first-order valence-corrected chi connectivity index (χ1v) is 7.15. The van der Waals surface area contributed by atoms with Crippen LogP contribution in [0.25, 0.3) is 0 Å². The lowest BCUT2D eigenvalue weighted by Gasteiger charge is -2.39. The standard InChI is InChI=1S/C12H13BrINO/c1-12(5-2-6-12)15-11(16)8-3-4-9(13)10(14)7-8/h3-4,7H,2,5-6H2,1H3,(H,15,16). The third-order valence-electron chi connectivity index (χ3n) is 3.05. The Kier molecular flexibility index (Phi) is 3.59. The summed E-state index contributed by atoms with van der Waals surface area (Å²) in [6.07, 6.45) is 3.40. The van der Waals surface area contributed by atoms with Gasteiger partial charge in [-0.05, 0) is 82.9 Å². The Morgan fingerprint density at radius 3 is 2.69 bits per heavy atom. The van der Waals surface area contributed by atoms with Gasteiger partial charge in [0.25, 0.3) is 5.91 Å². The summed E-state index contributed by atoms with van der Waals surface area (Å²) < 4.78 is 2.09. The minimum atomic E-state index is 0.0234. The van der Waals surface area contributed by atoms with E-state index < -0.39 is 0 Å². The van der Waals surface area contributed by atoms with E-state index in [9.17, 15) is 4.79 Å². The van der Waals surface area contributed by atoms with Gasteiger partial charge in [0.1, 0.15) is 0 Å². The maximum absolute atomic E-state index is 12.0. The van der Waals surface area contributed by atoms with Crippen molar-refractivity contribution in [1.29, 1.82) is 0 Å². The first kappa shape index (κ1) is 12.4. The second-order valence-corrected chi connectivity index (χ2v) is 6.51. The van der Waals surface area contributed by atoms with Crippen LogP contribution in [0.5, 0.6) is 0 Å². The molecule has 1 aliphatic carbocycles. The summed E-state index contributed by atoms with van der Waals surface area (Å²) in [7, 11) is 0. The van der Waals surface area contributed by atoms with E-state index in [0.29, 0.717) is 0 Å². The fourth-order valence-corrected chi connectivity index (χ4v) is 2.58. The van der Waals surface area contributed by atoms with Gasteiger partial charge in [-0.2, -0.15) is 0 Å². The van der Waals surface area contributed by atoms with Crippen molar-refractivity contribution in [2.75, 3.05) is 0 Å². The quantitative estimate of drug-likeness (QED) is 0.762.